The van der Waals surface area contributed by atoms with Gasteiger partial charge in [-0.05, 0) is 49.0 Å². The van der Waals surface area contributed by atoms with E-state index in [9.17, 15) is 10.1 Å². The lowest BCUT2D eigenvalue weighted by molar-refractivity contribution is -0.384. The molecule has 0 N–H and O–H groups in total. The summed E-state index contributed by atoms with van der Waals surface area (Å²) in [7, 11) is 0. The molecule has 4 rings (SSSR count). The summed E-state index contributed by atoms with van der Waals surface area (Å²) < 4.78 is 7.02. The molecule has 7 heteroatoms. The number of nitrogens with zero attached hydrogens (tertiary/aromatic N) is 3. The lowest BCUT2D eigenvalue weighted by Crippen LogP contribution is -2.46. The number of rotatable bonds is 8. The molecule has 1 aromatic heterocycles. The van der Waals surface area contributed by atoms with Gasteiger partial charge in [0.15, 0.2) is 0 Å². The molecule has 0 aliphatic carbocycles. The first-order valence-electron chi connectivity index (χ1n) is 10.0. The van der Waals surface area contributed by atoms with Gasteiger partial charge in [-0.1, -0.05) is 12.1 Å². The van der Waals surface area contributed by atoms with E-state index in [0.29, 0.717) is 12.4 Å². The Kier molecular flexibility index (Phi) is 6.27. The Hall–Kier alpha value is -2.64. The zero-order valence-corrected chi connectivity index (χ0v) is 17.1. The largest absolute Gasteiger partial charge is 0.493 e. The zero-order chi connectivity index (χ0) is 20.1. The van der Waals surface area contributed by atoms with Gasteiger partial charge in [-0.25, -0.2) is 0 Å². The number of hydrogen-bond acceptors (Lipinski definition) is 6. The van der Waals surface area contributed by atoms with E-state index in [2.05, 4.69) is 39.4 Å². The topological polar surface area (TPSA) is 58.9 Å². The number of fused-ring (bicyclic) bond motifs is 1. The average Bonchev–Trinajstić information content (AvgIpc) is 3.23. The third kappa shape index (κ3) is 4.86. The molecule has 0 saturated carbocycles. The van der Waals surface area contributed by atoms with Crippen molar-refractivity contribution < 1.29 is 9.66 Å². The fourth-order valence-electron chi connectivity index (χ4n) is 3.78. The number of thiophene rings is 1. The summed E-state index contributed by atoms with van der Waals surface area (Å²) in [4.78, 5) is 15.4. The number of nitro benzene ring substituents is 1. The van der Waals surface area contributed by atoms with Crippen LogP contribution in [0.3, 0.4) is 0 Å². The predicted octanol–water partition coefficient (Wildman–Crippen LogP) is 4.79. The van der Waals surface area contributed by atoms with Crippen LogP contribution in [0, 0.1) is 10.1 Å². The Bertz CT molecular complexity index is 967. The van der Waals surface area contributed by atoms with Crippen molar-refractivity contribution in [1.82, 2.24) is 4.90 Å². The van der Waals surface area contributed by atoms with E-state index in [-0.39, 0.29) is 5.69 Å². The quantitative estimate of drug-likeness (QED) is 0.303. The highest BCUT2D eigenvalue weighted by Crippen LogP contribution is 2.31. The lowest BCUT2D eigenvalue weighted by atomic mass is 10.2. The van der Waals surface area contributed by atoms with Crippen molar-refractivity contribution in [2.24, 2.45) is 0 Å². The summed E-state index contributed by atoms with van der Waals surface area (Å²) in [5.74, 6) is 0.565. The van der Waals surface area contributed by atoms with Crippen LogP contribution in [0.5, 0.6) is 5.75 Å². The van der Waals surface area contributed by atoms with Crippen LogP contribution in [-0.4, -0.2) is 49.2 Å². The lowest BCUT2D eigenvalue weighted by Gasteiger charge is -2.36. The summed E-state index contributed by atoms with van der Waals surface area (Å²) in [6, 6.07) is 15.2. The number of non-ortho nitro benzene ring substituents is 1. The maximum atomic E-state index is 10.8. The van der Waals surface area contributed by atoms with E-state index in [1.807, 2.05) is 0 Å². The minimum absolute atomic E-state index is 0.0681. The fourth-order valence-corrected chi connectivity index (χ4v) is 4.59. The third-order valence-electron chi connectivity index (χ3n) is 5.35. The number of piperazine rings is 1. The van der Waals surface area contributed by atoms with Crippen molar-refractivity contribution in [3.05, 3.63) is 64.0 Å². The Morgan fingerprint density at radius 2 is 1.86 bits per heavy atom. The molecule has 0 radical (unpaired) electrons. The SMILES string of the molecule is O=[N+]([O-])c1cccc(OCCCCN2CCN(c3cccc4sccc34)CC2)c1. The van der Waals surface area contributed by atoms with Gasteiger partial charge in [-0.15, -0.1) is 11.3 Å². The van der Waals surface area contributed by atoms with E-state index in [0.717, 1.165) is 45.6 Å². The molecule has 152 valence electrons. The number of unbranched alkanes of at least 4 members (excludes halogenated alkanes) is 1. The second kappa shape index (κ2) is 9.24. The summed E-state index contributed by atoms with van der Waals surface area (Å²) in [5.41, 5.74) is 1.42. The van der Waals surface area contributed by atoms with Crippen LogP contribution in [-0.2, 0) is 0 Å². The first-order chi connectivity index (χ1) is 14.2. The molecule has 1 fully saturated rings. The first-order valence-corrected chi connectivity index (χ1v) is 10.9. The van der Waals surface area contributed by atoms with E-state index in [1.54, 1.807) is 23.5 Å². The van der Waals surface area contributed by atoms with Gasteiger partial charge in [0.05, 0.1) is 17.6 Å². The maximum Gasteiger partial charge on any atom is 0.273 e. The van der Waals surface area contributed by atoms with Gasteiger partial charge in [0.2, 0.25) is 0 Å². The van der Waals surface area contributed by atoms with Crippen LogP contribution in [0.2, 0.25) is 0 Å². The Morgan fingerprint density at radius 3 is 2.69 bits per heavy atom. The number of hydrogen-bond donors (Lipinski definition) is 0. The van der Waals surface area contributed by atoms with Crippen LogP contribution >= 0.6 is 11.3 Å². The van der Waals surface area contributed by atoms with Crippen molar-refractivity contribution in [3.63, 3.8) is 0 Å². The van der Waals surface area contributed by atoms with E-state index in [4.69, 9.17) is 4.74 Å². The van der Waals surface area contributed by atoms with Gasteiger partial charge in [0.1, 0.15) is 5.75 Å². The van der Waals surface area contributed by atoms with Crippen LogP contribution in [0.1, 0.15) is 12.8 Å². The maximum absolute atomic E-state index is 10.8. The van der Waals surface area contributed by atoms with Gasteiger partial charge < -0.3 is 9.64 Å². The van der Waals surface area contributed by atoms with Gasteiger partial charge in [0, 0.05) is 48.0 Å². The van der Waals surface area contributed by atoms with E-state index >= 15 is 0 Å². The highest BCUT2D eigenvalue weighted by atomic mass is 32.1. The Morgan fingerprint density at radius 1 is 1.03 bits per heavy atom. The van der Waals surface area contributed by atoms with Gasteiger partial charge in [-0.2, -0.15) is 0 Å². The van der Waals surface area contributed by atoms with Crippen LogP contribution in [0.25, 0.3) is 10.1 Å². The fraction of sp³-hybridized carbons (Fsp3) is 0.364. The van der Waals surface area contributed by atoms with E-state index in [1.165, 1.54) is 27.9 Å². The number of nitro groups is 1. The predicted molar refractivity (Wildman–Crippen MR) is 118 cm³/mol. The molecule has 2 aromatic carbocycles. The van der Waals surface area contributed by atoms with Crippen LogP contribution < -0.4 is 9.64 Å². The number of anilines is 1. The van der Waals surface area contributed by atoms with Gasteiger partial charge in [0.25, 0.3) is 5.69 Å². The molecule has 3 aromatic rings. The minimum Gasteiger partial charge on any atom is -0.493 e. The molecule has 0 atom stereocenters. The Balaban J connectivity index is 1.18. The summed E-state index contributed by atoms with van der Waals surface area (Å²) in [6.07, 6.45) is 2.01. The molecule has 1 aliphatic heterocycles. The smallest absolute Gasteiger partial charge is 0.273 e. The minimum atomic E-state index is -0.397. The molecule has 6 nitrogen and oxygen atoms in total. The molecule has 0 spiro atoms. The Labute approximate surface area is 174 Å². The van der Waals surface area contributed by atoms with E-state index < -0.39 is 4.92 Å². The molecular weight excluding hydrogens is 386 g/mol. The van der Waals surface area contributed by atoms with Crippen molar-refractivity contribution in [2.45, 2.75) is 12.8 Å². The molecular formula is C22H25N3O3S. The van der Waals surface area contributed by atoms with Crippen molar-refractivity contribution in [2.75, 3.05) is 44.2 Å². The van der Waals surface area contributed by atoms with Crippen molar-refractivity contribution in [3.8, 4) is 5.75 Å². The normalized spacial score (nSPS) is 15.0. The molecule has 29 heavy (non-hydrogen) atoms. The second-order valence-electron chi connectivity index (χ2n) is 7.25. The van der Waals surface area contributed by atoms with Crippen molar-refractivity contribution >= 4 is 32.8 Å². The second-order valence-corrected chi connectivity index (χ2v) is 8.20. The molecule has 1 saturated heterocycles. The zero-order valence-electron chi connectivity index (χ0n) is 16.3. The highest BCUT2D eigenvalue weighted by molar-refractivity contribution is 7.17. The molecule has 0 amide bonds. The molecule has 0 unspecified atom stereocenters. The number of benzene rings is 2. The van der Waals surface area contributed by atoms with Crippen LogP contribution in [0.4, 0.5) is 11.4 Å². The van der Waals surface area contributed by atoms with Gasteiger partial charge >= 0.3 is 0 Å². The summed E-state index contributed by atoms with van der Waals surface area (Å²) in [5, 5.41) is 14.3. The summed E-state index contributed by atoms with van der Waals surface area (Å²) in [6.45, 7) is 5.91. The molecule has 0 bridgehead atoms. The van der Waals surface area contributed by atoms with Gasteiger partial charge in [-0.3, -0.25) is 15.0 Å². The third-order valence-corrected chi connectivity index (χ3v) is 6.23. The van der Waals surface area contributed by atoms with Crippen LogP contribution in [0.15, 0.2) is 53.9 Å². The standard InChI is InChI=1S/C22H25N3O3S/c26-25(27)18-5-3-6-19(17-18)28-15-2-1-10-23-11-13-24(14-12-23)21-7-4-8-22-20(21)9-16-29-22/h3-9,16-17H,1-2,10-15H2. The molecule has 2 heterocycles. The molecule has 1 aliphatic rings. The summed E-state index contributed by atoms with van der Waals surface area (Å²) >= 11 is 1.80. The van der Waals surface area contributed by atoms with Crippen molar-refractivity contribution in [1.29, 1.82) is 0 Å². The average molecular weight is 412 g/mol. The highest BCUT2D eigenvalue weighted by Gasteiger charge is 2.18. The monoisotopic (exact) mass is 411 g/mol. The number of ether oxygens (including phenoxy) is 1. The first kappa shape index (κ1) is 19.7.